The number of aromatic nitrogens is 1. The monoisotopic (exact) mass is 371 g/mol. The van der Waals surface area contributed by atoms with Crippen molar-refractivity contribution in [2.75, 3.05) is 5.32 Å². The number of carbonyl (C=O) groups excluding carboxylic acids is 1. The number of nitro groups is 1. The normalized spacial score (nSPS) is 10.6. The number of nitrogens with one attached hydrogen (secondary N) is 1. The van der Waals surface area contributed by atoms with Crippen molar-refractivity contribution in [3.8, 4) is 11.3 Å². The molecule has 2 aromatic carbocycles. The molecule has 26 heavy (non-hydrogen) atoms. The van der Waals surface area contributed by atoms with Crippen molar-refractivity contribution in [3.63, 3.8) is 0 Å². The smallest absolute Gasteiger partial charge is 0.274 e. The van der Waals surface area contributed by atoms with Crippen LogP contribution >= 0.6 is 11.6 Å². The van der Waals surface area contributed by atoms with Crippen LogP contribution in [0.2, 0.25) is 5.02 Å². The molecule has 0 radical (unpaired) electrons. The molecule has 1 aromatic heterocycles. The minimum Gasteiger partial charge on any atom is -0.360 e. The van der Waals surface area contributed by atoms with Gasteiger partial charge in [-0.1, -0.05) is 41.0 Å². The average Bonchev–Trinajstić information content (AvgIpc) is 2.98. The first-order valence-corrected chi connectivity index (χ1v) is 8.04. The standard InChI is InChI=1S/C18H14ClN3O4/c1-10-7-8-12(9-15(10)22(24)25)20-18(23)16-11(2)26-21-17(16)13-5-3-4-6-14(13)19/h3-9H,1-2H3,(H,20,23). The van der Waals surface area contributed by atoms with E-state index in [0.29, 0.717) is 33.3 Å². The molecule has 0 aliphatic carbocycles. The summed E-state index contributed by atoms with van der Waals surface area (Å²) in [5.41, 5.74) is 1.83. The molecule has 7 nitrogen and oxygen atoms in total. The van der Waals surface area contributed by atoms with E-state index in [2.05, 4.69) is 10.5 Å². The SMILES string of the molecule is Cc1ccc(NC(=O)c2c(-c3ccccc3Cl)noc2C)cc1[N+](=O)[O-]. The number of amides is 1. The summed E-state index contributed by atoms with van der Waals surface area (Å²) >= 11 is 6.19. The first-order valence-electron chi connectivity index (χ1n) is 7.66. The molecule has 8 heteroatoms. The summed E-state index contributed by atoms with van der Waals surface area (Å²) in [6.07, 6.45) is 0. The van der Waals surface area contributed by atoms with Crippen LogP contribution in [0.25, 0.3) is 11.3 Å². The summed E-state index contributed by atoms with van der Waals surface area (Å²) in [4.78, 5) is 23.3. The van der Waals surface area contributed by atoms with E-state index in [4.69, 9.17) is 16.1 Å². The number of anilines is 1. The highest BCUT2D eigenvalue weighted by Gasteiger charge is 2.23. The van der Waals surface area contributed by atoms with Crippen LogP contribution in [0.3, 0.4) is 0 Å². The van der Waals surface area contributed by atoms with Gasteiger partial charge in [0.2, 0.25) is 0 Å². The number of rotatable bonds is 4. The number of nitro benzene ring substituents is 1. The third-order valence-electron chi connectivity index (χ3n) is 3.88. The van der Waals surface area contributed by atoms with Crippen molar-refractivity contribution >= 4 is 28.9 Å². The van der Waals surface area contributed by atoms with Gasteiger partial charge in [0, 0.05) is 22.9 Å². The molecule has 0 saturated heterocycles. The second-order valence-corrected chi connectivity index (χ2v) is 6.06. The zero-order valence-electron chi connectivity index (χ0n) is 13.9. The quantitative estimate of drug-likeness (QED) is 0.526. The number of hydrogen-bond acceptors (Lipinski definition) is 5. The van der Waals surface area contributed by atoms with E-state index < -0.39 is 10.8 Å². The summed E-state index contributed by atoms with van der Waals surface area (Å²) < 4.78 is 5.17. The van der Waals surface area contributed by atoms with Crippen molar-refractivity contribution in [3.05, 3.63) is 74.5 Å². The number of benzene rings is 2. The Morgan fingerprint density at radius 2 is 1.96 bits per heavy atom. The molecule has 3 rings (SSSR count). The third-order valence-corrected chi connectivity index (χ3v) is 4.21. The van der Waals surface area contributed by atoms with Gasteiger partial charge in [-0.15, -0.1) is 0 Å². The van der Waals surface area contributed by atoms with Crippen LogP contribution in [-0.4, -0.2) is 16.0 Å². The Balaban J connectivity index is 1.97. The number of halogens is 1. The fourth-order valence-electron chi connectivity index (χ4n) is 2.55. The van der Waals surface area contributed by atoms with E-state index in [-0.39, 0.29) is 11.3 Å². The molecule has 1 heterocycles. The highest BCUT2D eigenvalue weighted by atomic mass is 35.5. The van der Waals surface area contributed by atoms with Crippen molar-refractivity contribution in [1.82, 2.24) is 5.16 Å². The molecule has 0 saturated carbocycles. The topological polar surface area (TPSA) is 98.3 Å². The highest BCUT2D eigenvalue weighted by Crippen LogP contribution is 2.31. The highest BCUT2D eigenvalue weighted by molar-refractivity contribution is 6.33. The molecular formula is C18H14ClN3O4. The van der Waals surface area contributed by atoms with Gasteiger partial charge in [-0.25, -0.2) is 0 Å². The third kappa shape index (κ3) is 3.29. The fraction of sp³-hybridized carbons (Fsp3) is 0.111. The molecule has 1 amide bonds. The van der Waals surface area contributed by atoms with Gasteiger partial charge in [0.25, 0.3) is 11.6 Å². The second-order valence-electron chi connectivity index (χ2n) is 5.65. The lowest BCUT2D eigenvalue weighted by atomic mass is 10.1. The van der Waals surface area contributed by atoms with Gasteiger partial charge in [-0.05, 0) is 26.0 Å². The predicted molar refractivity (Wildman–Crippen MR) is 97.5 cm³/mol. The zero-order chi connectivity index (χ0) is 18.8. The molecular weight excluding hydrogens is 358 g/mol. The predicted octanol–water partition coefficient (Wildman–Crippen LogP) is 4.77. The van der Waals surface area contributed by atoms with E-state index in [0.717, 1.165) is 0 Å². The lowest BCUT2D eigenvalue weighted by Crippen LogP contribution is -2.13. The largest absolute Gasteiger partial charge is 0.360 e. The Morgan fingerprint density at radius 3 is 2.65 bits per heavy atom. The Kier molecular flexibility index (Phi) is 4.73. The average molecular weight is 372 g/mol. The van der Waals surface area contributed by atoms with E-state index in [1.807, 2.05) is 0 Å². The Hall–Kier alpha value is -3.19. The van der Waals surface area contributed by atoms with E-state index in [9.17, 15) is 14.9 Å². The van der Waals surface area contributed by atoms with Crippen molar-refractivity contribution in [1.29, 1.82) is 0 Å². The molecule has 1 N–H and O–H groups in total. The lowest BCUT2D eigenvalue weighted by Gasteiger charge is -2.07. The van der Waals surface area contributed by atoms with Gasteiger partial charge < -0.3 is 9.84 Å². The van der Waals surface area contributed by atoms with Crippen LogP contribution in [0.1, 0.15) is 21.7 Å². The summed E-state index contributed by atoms with van der Waals surface area (Å²) in [6.45, 7) is 3.24. The molecule has 0 fully saturated rings. The van der Waals surface area contributed by atoms with Crippen LogP contribution in [0, 0.1) is 24.0 Å². The van der Waals surface area contributed by atoms with Crippen LogP contribution < -0.4 is 5.32 Å². The molecule has 3 aromatic rings. The summed E-state index contributed by atoms with van der Waals surface area (Å²) in [6, 6.07) is 11.4. The molecule has 0 spiro atoms. The maximum atomic E-state index is 12.7. The number of hydrogen-bond donors (Lipinski definition) is 1. The maximum Gasteiger partial charge on any atom is 0.274 e. The van der Waals surface area contributed by atoms with Crippen LogP contribution in [0.15, 0.2) is 47.0 Å². The summed E-state index contributed by atoms with van der Waals surface area (Å²) in [5.74, 6) is -0.171. The van der Waals surface area contributed by atoms with E-state index in [1.165, 1.54) is 6.07 Å². The van der Waals surface area contributed by atoms with Crippen molar-refractivity contribution < 1.29 is 14.2 Å². The van der Waals surface area contributed by atoms with Gasteiger partial charge in [0.1, 0.15) is 17.0 Å². The molecule has 0 aliphatic rings. The first kappa shape index (κ1) is 17.6. The van der Waals surface area contributed by atoms with Gasteiger partial charge in [-0.3, -0.25) is 14.9 Å². The Bertz CT molecular complexity index is 1010. The maximum absolute atomic E-state index is 12.7. The minimum absolute atomic E-state index is 0.0730. The van der Waals surface area contributed by atoms with Gasteiger partial charge in [0.05, 0.1) is 9.95 Å². The minimum atomic E-state index is -0.495. The zero-order valence-corrected chi connectivity index (χ0v) is 14.7. The van der Waals surface area contributed by atoms with Crippen LogP contribution in [-0.2, 0) is 0 Å². The van der Waals surface area contributed by atoms with Crippen molar-refractivity contribution in [2.45, 2.75) is 13.8 Å². The Labute approximate surface area is 153 Å². The van der Waals surface area contributed by atoms with Crippen LogP contribution in [0.5, 0.6) is 0 Å². The van der Waals surface area contributed by atoms with E-state index >= 15 is 0 Å². The molecule has 0 aliphatic heterocycles. The van der Waals surface area contributed by atoms with Gasteiger partial charge in [0.15, 0.2) is 0 Å². The second kappa shape index (κ2) is 6.97. The molecule has 0 bridgehead atoms. The summed E-state index contributed by atoms with van der Waals surface area (Å²) in [5, 5.41) is 18.1. The molecule has 132 valence electrons. The Morgan fingerprint density at radius 1 is 1.23 bits per heavy atom. The number of nitrogens with zero attached hydrogens (tertiary/aromatic N) is 2. The van der Waals surface area contributed by atoms with Crippen LogP contribution in [0.4, 0.5) is 11.4 Å². The van der Waals surface area contributed by atoms with Gasteiger partial charge in [-0.2, -0.15) is 0 Å². The molecule has 0 atom stereocenters. The lowest BCUT2D eigenvalue weighted by molar-refractivity contribution is -0.385. The first-order chi connectivity index (χ1) is 12.4. The number of carbonyl (C=O) groups is 1. The van der Waals surface area contributed by atoms with Crippen molar-refractivity contribution in [2.24, 2.45) is 0 Å². The number of aryl methyl sites for hydroxylation is 2. The van der Waals surface area contributed by atoms with Gasteiger partial charge >= 0.3 is 0 Å². The fourth-order valence-corrected chi connectivity index (χ4v) is 2.78. The molecule has 0 unspecified atom stereocenters. The van der Waals surface area contributed by atoms with E-state index in [1.54, 1.807) is 50.2 Å². The summed E-state index contributed by atoms with van der Waals surface area (Å²) in [7, 11) is 0.